The molecule has 0 saturated heterocycles. The van der Waals surface area contributed by atoms with Crippen molar-refractivity contribution in [2.75, 3.05) is 0 Å². The van der Waals surface area contributed by atoms with Crippen LogP contribution in [0.2, 0.25) is 0 Å². The molecule has 1 aliphatic rings. The first kappa shape index (κ1) is 29.0. The summed E-state index contributed by atoms with van der Waals surface area (Å²) in [5.41, 5.74) is 1.34. The highest BCUT2D eigenvalue weighted by atomic mass is 16.6. The molecule has 4 atom stereocenters. The molecule has 2 aromatic carbocycles. The number of aryl methyl sites for hydroxylation is 1. The van der Waals surface area contributed by atoms with Crippen molar-refractivity contribution < 1.29 is 24.2 Å². The molecule has 3 rings (SSSR count). The standard InChI is InChI=1S/C30H41N3O5/c1-18(2)31-27(35)26(22-13-14-25(34)20(4)15-22)33(24-16-19(24)3)28(36)23(17-21-11-9-8-10-12-21)32-29(37)38-30(5,6)7/h8-15,18-19,23-24,26,34H,16-17H2,1-7H3,(H,31,35)(H,32,37). The number of carbonyl (C=O) groups is 3. The lowest BCUT2D eigenvalue weighted by Gasteiger charge is -2.35. The molecule has 3 N–H and O–H groups in total. The zero-order valence-corrected chi connectivity index (χ0v) is 23.4. The molecule has 0 bridgehead atoms. The zero-order chi connectivity index (χ0) is 28.2. The maximum atomic E-state index is 14.4. The van der Waals surface area contributed by atoms with Crippen molar-refractivity contribution in [2.45, 2.75) is 91.1 Å². The van der Waals surface area contributed by atoms with E-state index in [9.17, 15) is 19.5 Å². The maximum absolute atomic E-state index is 14.4. The average molecular weight is 524 g/mol. The van der Waals surface area contributed by atoms with Gasteiger partial charge in [-0.05, 0) is 82.7 Å². The summed E-state index contributed by atoms with van der Waals surface area (Å²) < 4.78 is 5.48. The van der Waals surface area contributed by atoms with Gasteiger partial charge in [0.1, 0.15) is 23.4 Å². The molecular formula is C30H41N3O5. The smallest absolute Gasteiger partial charge is 0.408 e. The van der Waals surface area contributed by atoms with E-state index in [2.05, 4.69) is 10.6 Å². The lowest BCUT2D eigenvalue weighted by molar-refractivity contribution is -0.143. The third-order valence-electron chi connectivity index (χ3n) is 6.44. The lowest BCUT2D eigenvalue weighted by atomic mass is 9.98. The molecule has 1 saturated carbocycles. The monoisotopic (exact) mass is 523 g/mol. The highest BCUT2D eigenvalue weighted by molar-refractivity contribution is 5.93. The summed E-state index contributed by atoms with van der Waals surface area (Å²) in [6.45, 7) is 12.8. The van der Waals surface area contributed by atoms with E-state index in [1.54, 1.807) is 50.8 Å². The molecule has 0 aromatic heterocycles. The third-order valence-corrected chi connectivity index (χ3v) is 6.44. The van der Waals surface area contributed by atoms with Crippen LogP contribution in [0.5, 0.6) is 5.75 Å². The Bertz CT molecular complexity index is 1140. The second kappa shape index (κ2) is 11.9. The van der Waals surface area contributed by atoms with Gasteiger partial charge in [-0.1, -0.05) is 43.3 Å². The molecule has 8 nitrogen and oxygen atoms in total. The van der Waals surface area contributed by atoms with Crippen LogP contribution in [0.1, 0.15) is 70.7 Å². The van der Waals surface area contributed by atoms with Gasteiger partial charge in [-0.2, -0.15) is 0 Å². The van der Waals surface area contributed by atoms with Crippen LogP contribution < -0.4 is 10.6 Å². The Labute approximate surface area is 225 Å². The fourth-order valence-corrected chi connectivity index (χ4v) is 4.50. The van der Waals surface area contributed by atoms with E-state index in [-0.39, 0.29) is 42.0 Å². The van der Waals surface area contributed by atoms with Gasteiger partial charge in [0.2, 0.25) is 11.8 Å². The van der Waals surface area contributed by atoms with Crippen LogP contribution in [0.3, 0.4) is 0 Å². The Morgan fingerprint density at radius 2 is 1.71 bits per heavy atom. The normalized spacial score (nSPS) is 18.3. The fourth-order valence-electron chi connectivity index (χ4n) is 4.50. The van der Waals surface area contributed by atoms with Crippen LogP contribution in [0.25, 0.3) is 0 Å². The number of alkyl carbamates (subject to hydrolysis) is 1. The first-order chi connectivity index (χ1) is 17.8. The van der Waals surface area contributed by atoms with Gasteiger partial charge in [-0.15, -0.1) is 0 Å². The Kier molecular flexibility index (Phi) is 9.07. The van der Waals surface area contributed by atoms with E-state index < -0.39 is 23.8 Å². The minimum absolute atomic E-state index is 0.114. The Hall–Kier alpha value is -3.55. The van der Waals surface area contributed by atoms with Crippen molar-refractivity contribution in [3.63, 3.8) is 0 Å². The summed E-state index contributed by atoms with van der Waals surface area (Å²) in [5.74, 6) is -0.356. The van der Waals surface area contributed by atoms with E-state index in [1.807, 2.05) is 51.1 Å². The molecule has 8 heteroatoms. The van der Waals surface area contributed by atoms with Crippen LogP contribution in [0.15, 0.2) is 48.5 Å². The Morgan fingerprint density at radius 1 is 1.08 bits per heavy atom. The summed E-state index contributed by atoms with van der Waals surface area (Å²) >= 11 is 0. The Balaban J connectivity index is 2.05. The molecular weight excluding hydrogens is 482 g/mol. The van der Waals surface area contributed by atoms with E-state index in [0.717, 1.165) is 12.0 Å². The lowest BCUT2D eigenvalue weighted by Crippen LogP contribution is -2.55. The van der Waals surface area contributed by atoms with Gasteiger partial charge in [0.05, 0.1) is 0 Å². The van der Waals surface area contributed by atoms with Gasteiger partial charge in [-0.3, -0.25) is 9.59 Å². The fraction of sp³-hybridized carbons (Fsp3) is 0.500. The number of hydrogen-bond acceptors (Lipinski definition) is 5. The maximum Gasteiger partial charge on any atom is 0.408 e. The highest BCUT2D eigenvalue weighted by Gasteiger charge is 2.48. The summed E-state index contributed by atoms with van der Waals surface area (Å²) in [6, 6.07) is 12.2. The second-order valence-electron chi connectivity index (χ2n) is 11.5. The van der Waals surface area contributed by atoms with Gasteiger partial charge >= 0.3 is 6.09 Å². The van der Waals surface area contributed by atoms with E-state index >= 15 is 0 Å². The summed E-state index contributed by atoms with van der Waals surface area (Å²) in [4.78, 5) is 42.5. The van der Waals surface area contributed by atoms with Crippen molar-refractivity contribution >= 4 is 17.9 Å². The van der Waals surface area contributed by atoms with Crippen molar-refractivity contribution in [3.8, 4) is 5.75 Å². The van der Waals surface area contributed by atoms with Crippen LogP contribution in [0.4, 0.5) is 4.79 Å². The van der Waals surface area contributed by atoms with Gasteiger partial charge in [0.25, 0.3) is 0 Å². The number of ether oxygens (including phenoxy) is 1. The molecule has 206 valence electrons. The number of phenols is 1. The minimum atomic E-state index is -0.951. The van der Waals surface area contributed by atoms with Crippen molar-refractivity contribution in [1.29, 1.82) is 0 Å². The quantitative estimate of drug-likeness (QED) is 0.444. The van der Waals surface area contributed by atoms with Gasteiger partial charge in [0, 0.05) is 18.5 Å². The van der Waals surface area contributed by atoms with E-state index in [1.165, 1.54) is 0 Å². The first-order valence-corrected chi connectivity index (χ1v) is 13.2. The molecule has 1 aliphatic carbocycles. The second-order valence-corrected chi connectivity index (χ2v) is 11.5. The predicted molar refractivity (Wildman–Crippen MR) is 147 cm³/mol. The number of nitrogens with zero attached hydrogens (tertiary/aromatic N) is 1. The van der Waals surface area contributed by atoms with Crippen LogP contribution in [0, 0.1) is 12.8 Å². The summed E-state index contributed by atoms with van der Waals surface area (Å²) in [5, 5.41) is 15.9. The van der Waals surface area contributed by atoms with Crippen molar-refractivity contribution in [1.82, 2.24) is 15.5 Å². The molecule has 0 aliphatic heterocycles. The van der Waals surface area contributed by atoms with Gasteiger partial charge < -0.3 is 25.4 Å². The molecule has 0 radical (unpaired) electrons. The summed E-state index contributed by atoms with van der Waals surface area (Å²) in [7, 11) is 0. The number of nitrogens with one attached hydrogen (secondary N) is 2. The summed E-state index contributed by atoms with van der Waals surface area (Å²) in [6.07, 6.45) is 0.293. The number of rotatable bonds is 9. The third kappa shape index (κ3) is 7.73. The SMILES string of the molecule is Cc1cc(C(C(=O)NC(C)C)N(C(=O)C(Cc2ccccc2)NC(=O)OC(C)(C)C)C2CC2C)ccc1O. The molecule has 2 aromatic rings. The van der Waals surface area contributed by atoms with Gasteiger partial charge in [-0.25, -0.2) is 4.79 Å². The zero-order valence-electron chi connectivity index (χ0n) is 23.4. The topological polar surface area (TPSA) is 108 Å². The molecule has 0 heterocycles. The number of hydrogen-bond donors (Lipinski definition) is 3. The van der Waals surface area contributed by atoms with Crippen LogP contribution in [-0.4, -0.2) is 51.6 Å². The number of carbonyl (C=O) groups excluding carboxylic acids is 3. The molecule has 3 amide bonds. The molecule has 0 spiro atoms. The molecule has 1 fully saturated rings. The first-order valence-electron chi connectivity index (χ1n) is 13.2. The number of amides is 3. The predicted octanol–water partition coefficient (Wildman–Crippen LogP) is 4.64. The van der Waals surface area contributed by atoms with Crippen molar-refractivity contribution in [3.05, 3.63) is 65.2 Å². The van der Waals surface area contributed by atoms with Crippen LogP contribution in [-0.2, 0) is 20.7 Å². The van der Waals surface area contributed by atoms with Crippen LogP contribution >= 0.6 is 0 Å². The Morgan fingerprint density at radius 3 is 2.24 bits per heavy atom. The number of aromatic hydroxyl groups is 1. The largest absolute Gasteiger partial charge is 0.508 e. The minimum Gasteiger partial charge on any atom is -0.508 e. The van der Waals surface area contributed by atoms with E-state index in [4.69, 9.17) is 4.74 Å². The average Bonchev–Trinajstić information content (AvgIpc) is 3.53. The highest BCUT2D eigenvalue weighted by Crippen LogP contribution is 2.41. The van der Waals surface area contributed by atoms with Crippen molar-refractivity contribution in [2.24, 2.45) is 5.92 Å². The van der Waals surface area contributed by atoms with E-state index in [0.29, 0.717) is 11.1 Å². The van der Waals surface area contributed by atoms with Gasteiger partial charge in [0.15, 0.2) is 0 Å². The number of phenolic OH excluding ortho intramolecular Hbond substituents is 1. The molecule has 38 heavy (non-hydrogen) atoms. The molecule has 4 unspecified atom stereocenters. The number of benzene rings is 2.